The van der Waals surface area contributed by atoms with Gasteiger partial charge in [0.1, 0.15) is 6.04 Å². The maximum Gasteiger partial charge on any atom is 0.251 e. The van der Waals surface area contributed by atoms with Crippen molar-refractivity contribution in [2.75, 3.05) is 32.5 Å². The van der Waals surface area contributed by atoms with Crippen LogP contribution in [-0.2, 0) is 29.1 Å². The third-order valence-corrected chi connectivity index (χ3v) is 8.63. The molecule has 0 aliphatic carbocycles. The lowest BCUT2D eigenvalue weighted by Gasteiger charge is -2.26. The number of nitrogens with zero attached hydrogens (tertiary/aromatic N) is 1. The van der Waals surface area contributed by atoms with Gasteiger partial charge in [0.25, 0.3) is 5.91 Å². The van der Waals surface area contributed by atoms with E-state index >= 15 is 0 Å². The zero-order chi connectivity index (χ0) is 32.3. The summed E-state index contributed by atoms with van der Waals surface area (Å²) in [4.78, 5) is 42.6. The molecule has 240 valence electrons. The Hall–Kier alpha value is -3.70. The normalized spacial score (nSPS) is 16.0. The molecular formula is C35H44N4O5S. The number of rotatable bonds is 14. The second kappa shape index (κ2) is 16.6. The van der Waals surface area contributed by atoms with Gasteiger partial charge in [0, 0.05) is 49.5 Å². The summed E-state index contributed by atoms with van der Waals surface area (Å²) in [7, 11) is 0. The third-order valence-electron chi connectivity index (χ3n) is 7.91. The molecule has 0 radical (unpaired) electrons. The number of carbonyl (C=O) groups excluding carboxylic acids is 3. The molecule has 3 amide bonds. The highest BCUT2D eigenvalue weighted by atomic mass is 32.2. The van der Waals surface area contributed by atoms with Crippen LogP contribution >= 0.6 is 11.8 Å². The van der Waals surface area contributed by atoms with Gasteiger partial charge in [-0.1, -0.05) is 55.5 Å². The van der Waals surface area contributed by atoms with Crippen molar-refractivity contribution in [2.24, 2.45) is 5.92 Å². The number of hydrogen-bond acceptors (Lipinski definition) is 7. The first-order chi connectivity index (χ1) is 21.7. The standard InChI is InChI=1S/C35H44N4O5S/c1-4-37-34(43)31-8-6-5-7-30(31)25-11-9-24(10-12-25)20-39-21-26-13-14-29(45-3)16-27(26)17-32(35(39)44)38-33(42)15-23(2)18-36-19-28(41)22-40/h5-14,16,23,28,32,36,40-41H,4,15,17-22H2,1-3H3,(H,37,43)(H,38,42)/t23?,28-,32+/m0/s1. The van der Waals surface area contributed by atoms with Gasteiger partial charge in [-0.15, -0.1) is 11.8 Å². The van der Waals surface area contributed by atoms with E-state index in [0.29, 0.717) is 38.2 Å². The third kappa shape index (κ3) is 9.40. The first-order valence-electron chi connectivity index (χ1n) is 15.4. The summed E-state index contributed by atoms with van der Waals surface area (Å²) in [6.45, 7) is 5.60. The monoisotopic (exact) mass is 632 g/mol. The molecule has 3 aromatic rings. The van der Waals surface area contributed by atoms with E-state index in [2.05, 4.69) is 34.1 Å². The Kier molecular flexibility index (Phi) is 12.6. The number of fused-ring (bicyclic) bond motifs is 1. The molecule has 45 heavy (non-hydrogen) atoms. The Balaban J connectivity index is 1.50. The fraction of sp³-hybridized carbons (Fsp3) is 0.400. The van der Waals surface area contributed by atoms with Crippen LogP contribution in [0, 0.1) is 5.92 Å². The van der Waals surface area contributed by atoms with Crippen molar-refractivity contribution in [1.29, 1.82) is 0 Å². The molecule has 1 unspecified atom stereocenters. The molecule has 4 rings (SSSR count). The lowest BCUT2D eigenvalue weighted by Crippen LogP contribution is -2.48. The molecule has 0 saturated carbocycles. The Morgan fingerprint density at radius 1 is 1.04 bits per heavy atom. The van der Waals surface area contributed by atoms with E-state index in [1.165, 1.54) is 0 Å². The first-order valence-corrected chi connectivity index (χ1v) is 16.6. The van der Waals surface area contributed by atoms with Gasteiger partial charge >= 0.3 is 0 Å². The average molecular weight is 633 g/mol. The number of benzene rings is 3. The molecular weight excluding hydrogens is 588 g/mol. The van der Waals surface area contributed by atoms with E-state index in [1.807, 2.05) is 68.6 Å². The minimum absolute atomic E-state index is 0.0278. The van der Waals surface area contributed by atoms with E-state index < -0.39 is 12.1 Å². The Bertz CT molecular complexity index is 1460. The molecule has 0 fully saturated rings. The Morgan fingerprint density at radius 2 is 1.80 bits per heavy atom. The van der Waals surface area contributed by atoms with E-state index in [9.17, 15) is 19.5 Å². The van der Waals surface area contributed by atoms with Crippen LogP contribution in [0.15, 0.2) is 71.6 Å². The largest absolute Gasteiger partial charge is 0.394 e. The van der Waals surface area contributed by atoms with E-state index in [0.717, 1.165) is 32.7 Å². The van der Waals surface area contributed by atoms with Crippen LogP contribution in [0.25, 0.3) is 11.1 Å². The minimum Gasteiger partial charge on any atom is -0.394 e. The van der Waals surface area contributed by atoms with Gasteiger partial charge in [-0.3, -0.25) is 14.4 Å². The van der Waals surface area contributed by atoms with Crippen LogP contribution in [0.4, 0.5) is 0 Å². The van der Waals surface area contributed by atoms with Gasteiger partial charge in [-0.05, 0) is 71.7 Å². The fourth-order valence-corrected chi connectivity index (χ4v) is 6.00. The number of amides is 3. The lowest BCUT2D eigenvalue weighted by molar-refractivity contribution is -0.137. The summed E-state index contributed by atoms with van der Waals surface area (Å²) in [6, 6.07) is 21.0. The molecule has 0 saturated heterocycles. The van der Waals surface area contributed by atoms with Gasteiger partial charge in [-0.2, -0.15) is 0 Å². The maximum atomic E-state index is 13.9. The second-order valence-corrected chi connectivity index (χ2v) is 12.4. The quantitative estimate of drug-likeness (QED) is 0.172. The topological polar surface area (TPSA) is 131 Å². The van der Waals surface area contributed by atoms with E-state index in [-0.39, 0.29) is 43.2 Å². The smallest absolute Gasteiger partial charge is 0.251 e. The Morgan fingerprint density at radius 3 is 2.51 bits per heavy atom. The number of aliphatic hydroxyl groups excluding tert-OH is 2. The summed E-state index contributed by atoms with van der Waals surface area (Å²) in [6.07, 6.45) is 1.81. The van der Waals surface area contributed by atoms with Gasteiger partial charge in [0.15, 0.2) is 0 Å². The molecule has 3 aromatic carbocycles. The maximum absolute atomic E-state index is 13.9. The molecule has 0 bridgehead atoms. The predicted octanol–water partition coefficient (Wildman–Crippen LogP) is 3.36. The Labute approximate surface area is 269 Å². The van der Waals surface area contributed by atoms with Crippen LogP contribution in [0.5, 0.6) is 0 Å². The van der Waals surface area contributed by atoms with Crippen LogP contribution in [-0.4, -0.2) is 77.5 Å². The molecule has 0 aromatic heterocycles. The van der Waals surface area contributed by atoms with Crippen molar-refractivity contribution in [3.8, 4) is 11.1 Å². The summed E-state index contributed by atoms with van der Waals surface area (Å²) in [5, 5.41) is 27.5. The van der Waals surface area contributed by atoms with Gasteiger partial charge in [0.05, 0.1) is 12.7 Å². The fourth-order valence-electron chi connectivity index (χ4n) is 5.53. The van der Waals surface area contributed by atoms with Crippen molar-refractivity contribution in [1.82, 2.24) is 20.9 Å². The van der Waals surface area contributed by atoms with Crippen molar-refractivity contribution >= 4 is 29.5 Å². The van der Waals surface area contributed by atoms with Crippen molar-refractivity contribution in [3.05, 3.63) is 89.0 Å². The summed E-state index contributed by atoms with van der Waals surface area (Å²) in [5.41, 5.74) is 5.43. The molecule has 10 heteroatoms. The number of nitrogens with one attached hydrogen (secondary N) is 3. The van der Waals surface area contributed by atoms with E-state index in [4.69, 9.17) is 5.11 Å². The molecule has 3 atom stereocenters. The number of thioether (sulfide) groups is 1. The van der Waals surface area contributed by atoms with Gasteiger partial charge in [-0.25, -0.2) is 0 Å². The van der Waals surface area contributed by atoms with Crippen molar-refractivity contribution in [3.63, 3.8) is 0 Å². The molecule has 9 nitrogen and oxygen atoms in total. The molecule has 0 spiro atoms. The number of carbonyl (C=O) groups is 3. The highest BCUT2D eigenvalue weighted by Gasteiger charge is 2.31. The highest BCUT2D eigenvalue weighted by molar-refractivity contribution is 7.98. The first kappa shape index (κ1) is 34.2. The van der Waals surface area contributed by atoms with Gasteiger partial charge < -0.3 is 31.1 Å². The average Bonchev–Trinajstić information content (AvgIpc) is 3.16. The number of hydrogen-bond donors (Lipinski definition) is 5. The minimum atomic E-state index is -0.842. The second-order valence-electron chi connectivity index (χ2n) is 11.6. The molecule has 1 heterocycles. The summed E-state index contributed by atoms with van der Waals surface area (Å²) in [5.74, 6) is -0.479. The summed E-state index contributed by atoms with van der Waals surface area (Å²) < 4.78 is 0. The number of aliphatic hydroxyl groups is 2. The zero-order valence-electron chi connectivity index (χ0n) is 26.2. The highest BCUT2D eigenvalue weighted by Crippen LogP contribution is 2.28. The van der Waals surface area contributed by atoms with Crippen molar-refractivity contribution in [2.45, 2.75) is 56.8 Å². The lowest BCUT2D eigenvalue weighted by atomic mass is 9.98. The summed E-state index contributed by atoms with van der Waals surface area (Å²) >= 11 is 1.64. The van der Waals surface area contributed by atoms with Crippen molar-refractivity contribution < 1.29 is 24.6 Å². The molecule has 1 aliphatic heterocycles. The van der Waals surface area contributed by atoms with Crippen LogP contribution in [0.3, 0.4) is 0 Å². The zero-order valence-corrected chi connectivity index (χ0v) is 27.0. The predicted molar refractivity (Wildman–Crippen MR) is 178 cm³/mol. The van der Waals surface area contributed by atoms with E-state index in [1.54, 1.807) is 16.7 Å². The van der Waals surface area contributed by atoms with Gasteiger partial charge in [0.2, 0.25) is 11.8 Å². The SMILES string of the molecule is CCNC(=O)c1ccccc1-c1ccc(CN2Cc3ccc(SC)cc3C[C@@H](NC(=O)CC(C)CNC[C@H](O)CO)C2=O)cc1. The van der Waals surface area contributed by atoms with Crippen LogP contribution in [0.1, 0.15) is 47.3 Å². The molecule has 1 aliphatic rings. The van der Waals surface area contributed by atoms with Crippen LogP contribution in [0.2, 0.25) is 0 Å². The molecule has 5 N–H and O–H groups in total. The van der Waals surface area contributed by atoms with Crippen LogP contribution < -0.4 is 16.0 Å².